The summed E-state index contributed by atoms with van der Waals surface area (Å²) in [5, 5.41) is 17.4. The molecule has 158 valence electrons. The van der Waals surface area contributed by atoms with Gasteiger partial charge in [-0.1, -0.05) is 31.2 Å². The van der Waals surface area contributed by atoms with E-state index in [0.29, 0.717) is 19.1 Å². The van der Waals surface area contributed by atoms with Crippen LogP contribution in [0.25, 0.3) is 0 Å². The molecule has 6 heteroatoms. The summed E-state index contributed by atoms with van der Waals surface area (Å²) in [4.78, 5) is 6.99. The Labute approximate surface area is 187 Å². The van der Waals surface area contributed by atoms with Crippen LogP contribution in [0.5, 0.6) is 0 Å². The van der Waals surface area contributed by atoms with Crippen molar-refractivity contribution in [2.45, 2.75) is 64.6 Å². The quantitative estimate of drug-likeness (QED) is 0.319. The molecule has 3 N–H and O–H groups in total. The average molecular weight is 500 g/mol. The van der Waals surface area contributed by atoms with Gasteiger partial charge in [0.15, 0.2) is 5.96 Å². The highest BCUT2D eigenvalue weighted by atomic mass is 127. The molecule has 0 radical (unpaired) electrons. The molecule has 1 heterocycles. The Morgan fingerprint density at radius 1 is 1.21 bits per heavy atom. The maximum absolute atomic E-state index is 10.5. The zero-order valence-corrected chi connectivity index (χ0v) is 19.7. The van der Waals surface area contributed by atoms with Gasteiger partial charge in [-0.15, -0.1) is 24.0 Å². The highest BCUT2D eigenvalue weighted by molar-refractivity contribution is 14.0. The van der Waals surface area contributed by atoms with Crippen LogP contribution in [0.15, 0.2) is 29.3 Å². The second-order valence-electron chi connectivity index (χ2n) is 8.23. The molecule has 5 nitrogen and oxygen atoms in total. The molecule has 1 aliphatic carbocycles. The van der Waals surface area contributed by atoms with Crippen molar-refractivity contribution in [2.75, 3.05) is 26.2 Å². The van der Waals surface area contributed by atoms with Crippen LogP contribution in [0.4, 0.5) is 0 Å². The van der Waals surface area contributed by atoms with Gasteiger partial charge in [0.25, 0.3) is 0 Å². The van der Waals surface area contributed by atoms with Crippen molar-refractivity contribution >= 4 is 29.9 Å². The number of guanidine groups is 1. The fraction of sp³-hybridized carbons (Fsp3) is 0.682. The number of aliphatic hydroxyl groups is 1. The molecule has 0 spiro atoms. The first-order valence-electron chi connectivity index (χ1n) is 10.7. The van der Waals surface area contributed by atoms with Gasteiger partial charge in [-0.2, -0.15) is 0 Å². The zero-order chi connectivity index (χ0) is 19.1. The molecule has 1 aromatic carbocycles. The van der Waals surface area contributed by atoms with E-state index in [4.69, 9.17) is 0 Å². The minimum atomic E-state index is -0.433. The minimum Gasteiger partial charge on any atom is -0.390 e. The average Bonchev–Trinajstić information content (AvgIpc) is 2.68. The molecule has 0 aromatic heterocycles. The van der Waals surface area contributed by atoms with Crippen LogP contribution in [0.2, 0.25) is 0 Å². The molecule has 3 rings (SSSR count). The second-order valence-corrected chi connectivity index (χ2v) is 8.23. The number of nitrogens with zero attached hydrogens (tertiary/aromatic N) is 2. The largest absolute Gasteiger partial charge is 0.390 e. The van der Waals surface area contributed by atoms with Gasteiger partial charge in [0, 0.05) is 32.2 Å². The Morgan fingerprint density at radius 2 is 1.93 bits per heavy atom. The molecular formula is C22H37IN4O. The molecule has 0 bridgehead atoms. The molecule has 1 unspecified atom stereocenters. The lowest BCUT2D eigenvalue weighted by molar-refractivity contribution is 0.111. The lowest BCUT2D eigenvalue weighted by Crippen LogP contribution is -2.45. The van der Waals surface area contributed by atoms with Crippen LogP contribution in [0, 0.1) is 5.92 Å². The van der Waals surface area contributed by atoms with Crippen LogP contribution in [-0.4, -0.2) is 54.3 Å². The van der Waals surface area contributed by atoms with Crippen molar-refractivity contribution in [1.29, 1.82) is 0 Å². The Balaban J connectivity index is 0.00000280. The monoisotopic (exact) mass is 500 g/mol. The summed E-state index contributed by atoms with van der Waals surface area (Å²) in [6, 6.07) is 9.14. The first kappa shape index (κ1) is 23.4. The molecule has 1 fully saturated rings. The molecule has 1 aromatic rings. The van der Waals surface area contributed by atoms with E-state index in [1.54, 1.807) is 0 Å². The maximum Gasteiger partial charge on any atom is 0.191 e. The molecule has 1 aliphatic heterocycles. The smallest absolute Gasteiger partial charge is 0.191 e. The summed E-state index contributed by atoms with van der Waals surface area (Å²) in [5.41, 5.74) is 2.84. The summed E-state index contributed by atoms with van der Waals surface area (Å²) in [5.74, 6) is 1.69. The number of halogens is 1. The summed E-state index contributed by atoms with van der Waals surface area (Å²) in [6.07, 6.45) is 5.63. The first-order valence-corrected chi connectivity index (χ1v) is 10.7. The van der Waals surface area contributed by atoms with Gasteiger partial charge in [0.1, 0.15) is 0 Å². The van der Waals surface area contributed by atoms with E-state index in [2.05, 4.69) is 58.6 Å². The molecule has 28 heavy (non-hydrogen) atoms. The highest BCUT2D eigenvalue weighted by Crippen LogP contribution is 2.23. The number of rotatable bonds is 6. The van der Waals surface area contributed by atoms with Crippen LogP contribution >= 0.6 is 24.0 Å². The second kappa shape index (κ2) is 12.0. The van der Waals surface area contributed by atoms with E-state index in [-0.39, 0.29) is 24.0 Å². The third-order valence-corrected chi connectivity index (χ3v) is 5.84. The van der Waals surface area contributed by atoms with Crippen LogP contribution in [0.3, 0.4) is 0 Å². The van der Waals surface area contributed by atoms with Crippen molar-refractivity contribution in [3.05, 3.63) is 35.4 Å². The van der Waals surface area contributed by atoms with E-state index in [1.165, 1.54) is 36.8 Å². The van der Waals surface area contributed by atoms with Gasteiger partial charge >= 0.3 is 0 Å². The molecule has 1 atom stereocenters. The third kappa shape index (κ3) is 7.19. The Morgan fingerprint density at radius 3 is 2.64 bits per heavy atom. The minimum absolute atomic E-state index is 0. The first-order chi connectivity index (χ1) is 13.1. The summed E-state index contributed by atoms with van der Waals surface area (Å²) < 4.78 is 0. The molecule has 1 saturated carbocycles. The van der Waals surface area contributed by atoms with Gasteiger partial charge in [0.05, 0.1) is 12.6 Å². The van der Waals surface area contributed by atoms with E-state index in [9.17, 15) is 5.11 Å². The maximum atomic E-state index is 10.5. The van der Waals surface area contributed by atoms with Crippen molar-refractivity contribution in [3.63, 3.8) is 0 Å². The highest BCUT2D eigenvalue weighted by Gasteiger charge is 2.20. The van der Waals surface area contributed by atoms with E-state index in [0.717, 1.165) is 37.9 Å². The predicted molar refractivity (Wildman–Crippen MR) is 127 cm³/mol. The van der Waals surface area contributed by atoms with Gasteiger partial charge in [-0.3, -0.25) is 9.89 Å². The Hall–Kier alpha value is -0.860. The lowest BCUT2D eigenvalue weighted by atomic mass is 9.87. The normalized spacial score (nSPS) is 24.0. The van der Waals surface area contributed by atoms with Crippen molar-refractivity contribution in [3.8, 4) is 0 Å². The summed E-state index contributed by atoms with van der Waals surface area (Å²) >= 11 is 0. The number of fused-ring (bicyclic) bond motifs is 1. The number of aliphatic hydroxyl groups excluding tert-OH is 1. The Bertz CT molecular complexity index is 616. The fourth-order valence-corrected chi connectivity index (χ4v) is 4.18. The molecule has 2 aliphatic rings. The summed E-state index contributed by atoms with van der Waals surface area (Å²) in [6.45, 7) is 8.32. The van der Waals surface area contributed by atoms with Gasteiger partial charge in [-0.25, -0.2) is 0 Å². The van der Waals surface area contributed by atoms with E-state index < -0.39 is 6.10 Å². The number of nitrogens with one attached hydrogen (secondary N) is 2. The van der Waals surface area contributed by atoms with Gasteiger partial charge in [-0.05, 0) is 56.1 Å². The van der Waals surface area contributed by atoms with Crippen LogP contribution < -0.4 is 10.6 Å². The molecular weight excluding hydrogens is 463 g/mol. The number of aliphatic imine (C=N–C) groups is 1. The molecule has 0 saturated heterocycles. The SMILES string of the molecule is CCNC(=NCC(O)CN1CCc2ccccc2C1)NC1CCC(C)CC1.I. The number of hydrogen-bond donors (Lipinski definition) is 3. The van der Waals surface area contributed by atoms with Crippen LogP contribution in [0.1, 0.15) is 50.7 Å². The number of benzene rings is 1. The molecule has 0 amide bonds. The van der Waals surface area contributed by atoms with Gasteiger partial charge in [0.2, 0.25) is 0 Å². The van der Waals surface area contributed by atoms with E-state index in [1.807, 2.05) is 0 Å². The van der Waals surface area contributed by atoms with Crippen molar-refractivity contribution < 1.29 is 5.11 Å². The van der Waals surface area contributed by atoms with Crippen LogP contribution in [-0.2, 0) is 13.0 Å². The number of β-amino-alcohol motifs (C(OH)–C–C–N with tert-alkyl or cyclic N) is 1. The van der Waals surface area contributed by atoms with Gasteiger partial charge < -0.3 is 15.7 Å². The van der Waals surface area contributed by atoms with Crippen molar-refractivity contribution in [2.24, 2.45) is 10.9 Å². The standard InChI is InChI=1S/C22H36N4O.HI/c1-3-23-22(25-20-10-8-17(2)9-11-20)24-14-21(27)16-26-13-12-18-6-4-5-7-19(18)15-26;/h4-7,17,20-21,27H,3,8-16H2,1-2H3,(H2,23,24,25);1H. The predicted octanol–water partition coefficient (Wildman–Crippen LogP) is 3.16. The van der Waals surface area contributed by atoms with E-state index >= 15 is 0 Å². The topological polar surface area (TPSA) is 59.9 Å². The lowest BCUT2D eigenvalue weighted by Gasteiger charge is -2.30. The summed E-state index contributed by atoms with van der Waals surface area (Å²) in [7, 11) is 0. The fourth-order valence-electron chi connectivity index (χ4n) is 4.18. The number of hydrogen-bond acceptors (Lipinski definition) is 3. The zero-order valence-electron chi connectivity index (χ0n) is 17.4. The van der Waals surface area contributed by atoms with Crippen molar-refractivity contribution in [1.82, 2.24) is 15.5 Å². The Kier molecular flexibility index (Phi) is 10.0. The third-order valence-electron chi connectivity index (χ3n) is 5.84.